The summed E-state index contributed by atoms with van der Waals surface area (Å²) in [6.07, 6.45) is 0.931. The quantitative estimate of drug-likeness (QED) is 0.839. The van der Waals surface area contributed by atoms with Gasteiger partial charge < -0.3 is 15.4 Å². The lowest BCUT2D eigenvalue weighted by Gasteiger charge is -2.39. The van der Waals surface area contributed by atoms with Gasteiger partial charge in [-0.25, -0.2) is 0 Å². The molecule has 0 saturated carbocycles. The number of ether oxygens (including phenoxy) is 1. The lowest BCUT2D eigenvalue weighted by molar-refractivity contribution is -0.148. The fourth-order valence-corrected chi connectivity index (χ4v) is 1.91. The minimum Gasteiger partial charge on any atom is -0.372 e. The van der Waals surface area contributed by atoms with Crippen molar-refractivity contribution in [2.24, 2.45) is 11.7 Å². The topological polar surface area (TPSA) is 55.6 Å². The summed E-state index contributed by atoms with van der Waals surface area (Å²) in [5.74, 6) is 0.296. The molecular formula is C12H25ClN2O2. The molecule has 0 spiro atoms. The van der Waals surface area contributed by atoms with Crippen molar-refractivity contribution in [3.8, 4) is 0 Å². The van der Waals surface area contributed by atoms with Crippen LogP contribution >= 0.6 is 12.4 Å². The van der Waals surface area contributed by atoms with E-state index in [1.807, 2.05) is 25.7 Å². The van der Waals surface area contributed by atoms with Crippen LogP contribution in [-0.4, -0.2) is 42.1 Å². The van der Waals surface area contributed by atoms with Crippen LogP contribution in [0.25, 0.3) is 0 Å². The molecule has 2 atom stereocenters. The fraction of sp³-hybridized carbons (Fsp3) is 0.917. The molecule has 0 aromatic heterocycles. The summed E-state index contributed by atoms with van der Waals surface area (Å²) in [4.78, 5) is 14.0. The molecule has 1 amide bonds. The van der Waals surface area contributed by atoms with E-state index in [2.05, 4.69) is 6.92 Å². The molecule has 1 heterocycles. The molecule has 1 aliphatic rings. The molecule has 5 heteroatoms. The molecule has 0 radical (unpaired) electrons. The van der Waals surface area contributed by atoms with Crippen molar-refractivity contribution in [1.29, 1.82) is 0 Å². The number of rotatable bonds is 3. The summed E-state index contributed by atoms with van der Waals surface area (Å²) in [5, 5.41) is 0. The Morgan fingerprint density at radius 3 is 2.59 bits per heavy atom. The van der Waals surface area contributed by atoms with Crippen LogP contribution in [0, 0.1) is 5.92 Å². The fourth-order valence-electron chi connectivity index (χ4n) is 1.91. The monoisotopic (exact) mass is 264 g/mol. The van der Waals surface area contributed by atoms with Crippen LogP contribution in [-0.2, 0) is 9.53 Å². The third kappa shape index (κ3) is 4.45. The first-order valence-corrected chi connectivity index (χ1v) is 6.05. The van der Waals surface area contributed by atoms with Crippen molar-refractivity contribution < 1.29 is 9.53 Å². The van der Waals surface area contributed by atoms with Crippen LogP contribution in [0.4, 0.5) is 0 Å². The number of nitrogens with two attached hydrogens (primary N) is 1. The summed E-state index contributed by atoms with van der Waals surface area (Å²) >= 11 is 0. The Hall–Kier alpha value is -0.320. The maximum absolute atomic E-state index is 12.1. The highest BCUT2D eigenvalue weighted by Crippen LogP contribution is 2.18. The van der Waals surface area contributed by atoms with E-state index in [-0.39, 0.29) is 35.9 Å². The summed E-state index contributed by atoms with van der Waals surface area (Å²) in [5.41, 5.74) is 5.71. The van der Waals surface area contributed by atoms with Gasteiger partial charge in [-0.05, 0) is 19.8 Å². The molecule has 1 aliphatic heterocycles. The molecule has 1 saturated heterocycles. The first kappa shape index (κ1) is 16.7. The zero-order valence-electron chi connectivity index (χ0n) is 11.2. The van der Waals surface area contributed by atoms with Crippen LogP contribution < -0.4 is 5.73 Å². The number of hydrogen-bond donors (Lipinski definition) is 1. The number of carbonyl (C=O) groups excluding carboxylic acids is 1. The molecule has 17 heavy (non-hydrogen) atoms. The predicted octanol–water partition coefficient (Wildman–Crippen LogP) is 1.42. The Bertz CT molecular complexity index is 259. The lowest BCUT2D eigenvalue weighted by Crippen LogP contribution is -2.55. The van der Waals surface area contributed by atoms with Crippen molar-refractivity contribution >= 4 is 18.3 Å². The molecule has 1 fully saturated rings. The SMILES string of the molecule is CCC(C)C(N)C(=O)N1CCOC(C)(C)C1.Cl. The first-order valence-electron chi connectivity index (χ1n) is 6.05. The first-order chi connectivity index (χ1) is 7.37. The highest BCUT2D eigenvalue weighted by atomic mass is 35.5. The van der Waals surface area contributed by atoms with Gasteiger partial charge in [0.2, 0.25) is 5.91 Å². The Balaban J connectivity index is 0.00000256. The molecule has 102 valence electrons. The molecule has 0 bridgehead atoms. The van der Waals surface area contributed by atoms with E-state index in [1.54, 1.807) is 0 Å². The maximum atomic E-state index is 12.1. The molecule has 0 aromatic carbocycles. The van der Waals surface area contributed by atoms with E-state index in [9.17, 15) is 4.79 Å². The van der Waals surface area contributed by atoms with Crippen LogP contribution in [0.5, 0.6) is 0 Å². The second-order valence-corrected chi connectivity index (χ2v) is 5.28. The van der Waals surface area contributed by atoms with Crippen molar-refractivity contribution in [2.45, 2.75) is 45.8 Å². The van der Waals surface area contributed by atoms with Gasteiger partial charge in [0.25, 0.3) is 0 Å². The number of morpholine rings is 1. The van der Waals surface area contributed by atoms with Gasteiger partial charge in [-0.1, -0.05) is 20.3 Å². The van der Waals surface area contributed by atoms with Gasteiger partial charge in [-0.15, -0.1) is 12.4 Å². The van der Waals surface area contributed by atoms with Gasteiger partial charge >= 0.3 is 0 Å². The van der Waals surface area contributed by atoms with Crippen molar-refractivity contribution in [2.75, 3.05) is 19.7 Å². The maximum Gasteiger partial charge on any atom is 0.239 e. The number of amides is 1. The highest BCUT2D eigenvalue weighted by molar-refractivity contribution is 5.85. The Morgan fingerprint density at radius 1 is 1.53 bits per heavy atom. The second kappa shape index (κ2) is 6.57. The Kier molecular flexibility index (Phi) is 6.45. The summed E-state index contributed by atoms with van der Waals surface area (Å²) < 4.78 is 5.58. The van der Waals surface area contributed by atoms with Crippen molar-refractivity contribution in [1.82, 2.24) is 4.90 Å². The smallest absolute Gasteiger partial charge is 0.239 e. The number of carbonyl (C=O) groups is 1. The lowest BCUT2D eigenvalue weighted by atomic mass is 9.97. The largest absolute Gasteiger partial charge is 0.372 e. The van der Waals surface area contributed by atoms with E-state index in [0.29, 0.717) is 19.7 Å². The Morgan fingerprint density at radius 2 is 2.12 bits per heavy atom. The number of nitrogens with zero attached hydrogens (tertiary/aromatic N) is 1. The van der Waals surface area contributed by atoms with Gasteiger partial charge in [0, 0.05) is 13.1 Å². The van der Waals surface area contributed by atoms with Crippen LogP contribution in [0.15, 0.2) is 0 Å². The van der Waals surface area contributed by atoms with Crippen LogP contribution in [0.2, 0.25) is 0 Å². The zero-order valence-corrected chi connectivity index (χ0v) is 12.0. The van der Waals surface area contributed by atoms with Gasteiger partial charge in [0.15, 0.2) is 0 Å². The summed E-state index contributed by atoms with van der Waals surface area (Å²) in [7, 11) is 0. The molecule has 0 aromatic rings. The molecule has 2 unspecified atom stereocenters. The normalized spacial score (nSPS) is 22.5. The minimum absolute atomic E-state index is 0. The average Bonchev–Trinajstić information content (AvgIpc) is 2.24. The van der Waals surface area contributed by atoms with E-state index in [4.69, 9.17) is 10.5 Å². The van der Waals surface area contributed by atoms with E-state index < -0.39 is 0 Å². The summed E-state index contributed by atoms with van der Waals surface area (Å²) in [6.45, 7) is 9.98. The summed E-state index contributed by atoms with van der Waals surface area (Å²) in [6, 6.07) is -0.376. The molecule has 2 N–H and O–H groups in total. The highest BCUT2D eigenvalue weighted by Gasteiger charge is 2.33. The van der Waals surface area contributed by atoms with Gasteiger partial charge in [-0.2, -0.15) is 0 Å². The van der Waals surface area contributed by atoms with E-state index in [0.717, 1.165) is 6.42 Å². The third-order valence-electron chi connectivity index (χ3n) is 3.28. The average molecular weight is 265 g/mol. The number of hydrogen-bond acceptors (Lipinski definition) is 3. The van der Waals surface area contributed by atoms with Crippen molar-refractivity contribution in [3.63, 3.8) is 0 Å². The standard InChI is InChI=1S/C12H24N2O2.ClH/c1-5-9(2)10(13)11(15)14-6-7-16-12(3,4)8-14;/h9-10H,5-8,13H2,1-4H3;1H. The van der Waals surface area contributed by atoms with E-state index >= 15 is 0 Å². The molecule has 1 rings (SSSR count). The van der Waals surface area contributed by atoms with E-state index in [1.165, 1.54) is 0 Å². The van der Waals surface area contributed by atoms with Gasteiger partial charge in [0.1, 0.15) is 0 Å². The van der Waals surface area contributed by atoms with Crippen LogP contribution in [0.3, 0.4) is 0 Å². The van der Waals surface area contributed by atoms with Gasteiger partial charge in [0.05, 0.1) is 18.2 Å². The molecular weight excluding hydrogens is 240 g/mol. The zero-order chi connectivity index (χ0) is 12.3. The van der Waals surface area contributed by atoms with Crippen LogP contribution in [0.1, 0.15) is 34.1 Å². The third-order valence-corrected chi connectivity index (χ3v) is 3.28. The van der Waals surface area contributed by atoms with Crippen molar-refractivity contribution in [3.05, 3.63) is 0 Å². The molecule has 4 nitrogen and oxygen atoms in total. The van der Waals surface area contributed by atoms with Gasteiger partial charge in [-0.3, -0.25) is 4.79 Å². The minimum atomic E-state index is -0.376. The Labute approximate surface area is 110 Å². The molecule has 0 aliphatic carbocycles. The second-order valence-electron chi connectivity index (χ2n) is 5.28. The predicted molar refractivity (Wildman–Crippen MR) is 71.3 cm³/mol. The number of halogens is 1.